The van der Waals surface area contributed by atoms with Gasteiger partial charge >= 0.3 is 11.9 Å². The monoisotopic (exact) mass is 238 g/mol. The fraction of sp³-hybridized carbons (Fsp3) is 0.500. The minimum Gasteiger partial charge on any atom is -0.475 e. The first kappa shape index (κ1) is 11.1. The van der Waals surface area contributed by atoms with E-state index in [1.807, 2.05) is 0 Å². The average Bonchev–Trinajstić information content (AvgIpc) is 2.02. The lowest BCUT2D eigenvalue weighted by atomic mass is 10.2. The number of hydrogen-bond acceptors (Lipinski definition) is 4. The third-order valence-corrected chi connectivity index (χ3v) is 1.81. The van der Waals surface area contributed by atoms with Crippen LogP contribution in [-0.4, -0.2) is 34.8 Å². The fourth-order valence-corrected chi connectivity index (χ4v) is 0.917. The van der Waals surface area contributed by atoms with Gasteiger partial charge in [0, 0.05) is 0 Å². The molecule has 0 fully saturated rings. The van der Waals surface area contributed by atoms with Crippen molar-refractivity contribution in [2.45, 2.75) is 11.2 Å². The van der Waals surface area contributed by atoms with Crippen LogP contribution in [0.4, 0.5) is 0 Å². The lowest BCUT2D eigenvalue weighted by molar-refractivity contribution is -0.149. The molecule has 0 radical (unpaired) electrons. The molecule has 1 N–H and O–H groups in total. The van der Waals surface area contributed by atoms with Gasteiger partial charge in [0.2, 0.25) is 0 Å². The molecule has 0 aromatic carbocycles. The summed E-state index contributed by atoms with van der Waals surface area (Å²) in [4.78, 5) is 30.3. The summed E-state index contributed by atoms with van der Waals surface area (Å²) in [5.41, 5.74) is 0. The Balaban J connectivity index is 4.04. The van der Waals surface area contributed by atoms with Gasteiger partial charge in [-0.3, -0.25) is 9.59 Å². The second-order valence-electron chi connectivity index (χ2n) is 1.92. The maximum absolute atomic E-state index is 10.6. The zero-order valence-corrected chi connectivity index (χ0v) is 7.83. The first-order chi connectivity index (χ1) is 5.49. The van der Waals surface area contributed by atoms with Crippen molar-refractivity contribution in [1.82, 2.24) is 0 Å². The van der Waals surface area contributed by atoms with Gasteiger partial charge in [-0.1, -0.05) is 15.9 Å². The van der Waals surface area contributed by atoms with Crippen molar-refractivity contribution in [2.24, 2.45) is 0 Å². The van der Waals surface area contributed by atoms with Crippen molar-refractivity contribution < 1.29 is 24.2 Å². The van der Waals surface area contributed by atoms with Crippen LogP contribution in [0.25, 0.3) is 0 Å². The van der Waals surface area contributed by atoms with Gasteiger partial charge in [0.1, 0.15) is 0 Å². The van der Waals surface area contributed by atoms with Gasteiger partial charge in [0.05, 0.1) is 18.4 Å². The molecule has 0 saturated heterocycles. The molecule has 0 spiro atoms. The Kier molecular flexibility index (Phi) is 4.50. The molecule has 5 nitrogen and oxygen atoms in total. The SMILES string of the molecule is COC(=O)CC(Br)C(=O)C(=O)O. The highest BCUT2D eigenvalue weighted by molar-refractivity contribution is 9.10. The van der Waals surface area contributed by atoms with Crippen LogP contribution in [0.5, 0.6) is 0 Å². The third kappa shape index (κ3) is 3.47. The lowest BCUT2D eigenvalue weighted by Crippen LogP contribution is -2.26. The number of carbonyl (C=O) groups excluding carboxylic acids is 2. The summed E-state index contributed by atoms with van der Waals surface area (Å²) in [6.45, 7) is 0. The predicted molar refractivity (Wildman–Crippen MR) is 42.0 cm³/mol. The number of ether oxygens (including phenoxy) is 1. The molecular weight excluding hydrogens is 232 g/mol. The van der Waals surface area contributed by atoms with Crippen LogP contribution >= 0.6 is 15.9 Å². The van der Waals surface area contributed by atoms with Crippen LogP contribution in [0.3, 0.4) is 0 Å². The smallest absolute Gasteiger partial charge is 0.373 e. The molecule has 0 aromatic rings. The van der Waals surface area contributed by atoms with Gasteiger partial charge in [-0.05, 0) is 0 Å². The molecule has 0 amide bonds. The number of esters is 1. The lowest BCUT2D eigenvalue weighted by Gasteiger charge is -2.02. The van der Waals surface area contributed by atoms with Gasteiger partial charge < -0.3 is 9.84 Å². The Hall–Kier alpha value is -0.910. The van der Waals surface area contributed by atoms with E-state index in [0.717, 1.165) is 7.11 Å². The summed E-state index contributed by atoms with van der Waals surface area (Å²) in [6.07, 6.45) is -0.276. The number of carboxylic acids is 1. The highest BCUT2D eigenvalue weighted by Gasteiger charge is 2.24. The zero-order valence-electron chi connectivity index (χ0n) is 6.24. The highest BCUT2D eigenvalue weighted by Crippen LogP contribution is 2.07. The van der Waals surface area contributed by atoms with Gasteiger partial charge in [-0.15, -0.1) is 0 Å². The van der Waals surface area contributed by atoms with Crippen LogP contribution in [-0.2, 0) is 19.1 Å². The standard InChI is InChI=1S/C6H7BrO5/c1-12-4(8)2-3(7)5(9)6(10)11/h3H,2H2,1H3,(H,10,11). The maximum Gasteiger partial charge on any atom is 0.373 e. The molecule has 0 bridgehead atoms. The van der Waals surface area contributed by atoms with Crippen LogP contribution < -0.4 is 0 Å². The van der Waals surface area contributed by atoms with Gasteiger partial charge in [-0.25, -0.2) is 4.79 Å². The molecule has 0 aromatic heterocycles. The number of halogens is 1. The normalized spacial score (nSPS) is 11.8. The van der Waals surface area contributed by atoms with E-state index < -0.39 is 22.5 Å². The molecular formula is C6H7BrO5. The number of alkyl halides is 1. The Bertz CT molecular complexity index is 212. The Morgan fingerprint density at radius 2 is 2.00 bits per heavy atom. The summed E-state index contributed by atoms with van der Waals surface area (Å²) >= 11 is 2.75. The topological polar surface area (TPSA) is 80.7 Å². The van der Waals surface area contributed by atoms with Crippen LogP contribution in [0.2, 0.25) is 0 Å². The van der Waals surface area contributed by atoms with Crippen LogP contribution in [0.1, 0.15) is 6.42 Å². The quantitative estimate of drug-likeness (QED) is 0.423. The number of aliphatic carboxylic acids is 1. The van der Waals surface area contributed by atoms with Crippen molar-refractivity contribution in [2.75, 3.05) is 7.11 Å². The number of methoxy groups -OCH3 is 1. The molecule has 0 aliphatic carbocycles. The van der Waals surface area contributed by atoms with E-state index in [0.29, 0.717) is 0 Å². The van der Waals surface area contributed by atoms with Gasteiger partial charge in [-0.2, -0.15) is 0 Å². The molecule has 0 rings (SSSR count). The number of hydrogen-bond donors (Lipinski definition) is 1. The van der Waals surface area contributed by atoms with Gasteiger partial charge in [0.25, 0.3) is 5.78 Å². The zero-order chi connectivity index (χ0) is 9.72. The van der Waals surface area contributed by atoms with E-state index in [1.54, 1.807) is 0 Å². The van der Waals surface area contributed by atoms with Crippen molar-refractivity contribution in [1.29, 1.82) is 0 Å². The van der Waals surface area contributed by atoms with E-state index in [2.05, 4.69) is 20.7 Å². The molecule has 1 atom stereocenters. The minimum absolute atomic E-state index is 0.276. The molecule has 12 heavy (non-hydrogen) atoms. The Morgan fingerprint density at radius 1 is 1.50 bits per heavy atom. The van der Waals surface area contributed by atoms with Crippen molar-refractivity contribution in [3.63, 3.8) is 0 Å². The van der Waals surface area contributed by atoms with E-state index in [-0.39, 0.29) is 6.42 Å². The molecule has 1 unspecified atom stereocenters. The first-order valence-electron chi connectivity index (χ1n) is 2.97. The van der Waals surface area contributed by atoms with E-state index in [4.69, 9.17) is 5.11 Å². The van der Waals surface area contributed by atoms with Crippen molar-refractivity contribution in [3.8, 4) is 0 Å². The molecule has 68 valence electrons. The minimum atomic E-state index is -1.57. The Morgan fingerprint density at radius 3 is 2.33 bits per heavy atom. The number of ketones is 1. The highest BCUT2D eigenvalue weighted by atomic mass is 79.9. The summed E-state index contributed by atoms with van der Waals surface area (Å²) in [7, 11) is 1.16. The molecule has 0 aliphatic rings. The number of carboxylic acid groups (broad SMARTS) is 1. The predicted octanol–water partition coefficient (Wildman–Crippen LogP) is -0.0333. The number of rotatable bonds is 4. The van der Waals surface area contributed by atoms with Gasteiger partial charge in [0.15, 0.2) is 0 Å². The van der Waals surface area contributed by atoms with Crippen LogP contribution in [0, 0.1) is 0 Å². The van der Waals surface area contributed by atoms with Crippen molar-refractivity contribution >= 4 is 33.7 Å². The summed E-state index contributed by atoms with van der Waals surface area (Å²) in [6, 6.07) is 0. The number of carbonyl (C=O) groups is 3. The van der Waals surface area contributed by atoms with Crippen LogP contribution in [0.15, 0.2) is 0 Å². The van der Waals surface area contributed by atoms with E-state index in [1.165, 1.54) is 0 Å². The van der Waals surface area contributed by atoms with E-state index >= 15 is 0 Å². The maximum atomic E-state index is 10.6. The summed E-state index contributed by atoms with van der Waals surface area (Å²) < 4.78 is 4.24. The molecule has 0 saturated carbocycles. The largest absolute Gasteiger partial charge is 0.475 e. The second-order valence-corrected chi connectivity index (χ2v) is 3.02. The van der Waals surface area contributed by atoms with E-state index in [9.17, 15) is 14.4 Å². The summed E-state index contributed by atoms with van der Waals surface area (Å²) in [5.74, 6) is -3.26. The first-order valence-corrected chi connectivity index (χ1v) is 3.88. The average molecular weight is 239 g/mol. The summed E-state index contributed by atoms with van der Waals surface area (Å²) in [5, 5.41) is 8.21. The number of Topliss-reactive ketones (excluding diaryl/α,β-unsaturated/α-hetero) is 1. The fourth-order valence-electron chi connectivity index (χ4n) is 0.456. The molecule has 6 heteroatoms. The molecule has 0 heterocycles. The third-order valence-electron chi connectivity index (χ3n) is 1.07. The second kappa shape index (κ2) is 4.87. The van der Waals surface area contributed by atoms with Crippen molar-refractivity contribution in [3.05, 3.63) is 0 Å². The molecule has 0 aliphatic heterocycles. The Labute approximate surface area is 76.8 Å².